The first-order valence-corrected chi connectivity index (χ1v) is 7.56. The lowest BCUT2D eigenvalue weighted by Crippen LogP contribution is -2.27. The minimum atomic E-state index is -0.764. The van der Waals surface area contributed by atoms with E-state index in [1.807, 2.05) is 18.2 Å². The monoisotopic (exact) mass is 297 g/mol. The van der Waals surface area contributed by atoms with Crippen molar-refractivity contribution in [3.63, 3.8) is 0 Å². The SMILES string of the molecule is Cc1ccccc1CN(CCC(=O)O)c1cccc(C)c1C. The molecule has 2 rings (SSSR count). The normalized spacial score (nSPS) is 10.5. The molecule has 0 saturated heterocycles. The second kappa shape index (κ2) is 7.12. The third kappa shape index (κ3) is 3.88. The van der Waals surface area contributed by atoms with E-state index in [4.69, 9.17) is 5.11 Å². The van der Waals surface area contributed by atoms with E-state index in [0.717, 1.165) is 12.2 Å². The van der Waals surface area contributed by atoms with Gasteiger partial charge in [0.05, 0.1) is 6.42 Å². The van der Waals surface area contributed by atoms with Gasteiger partial charge in [-0.1, -0.05) is 36.4 Å². The Bertz CT molecular complexity index is 664. The van der Waals surface area contributed by atoms with Crippen molar-refractivity contribution in [2.75, 3.05) is 11.4 Å². The number of aliphatic carboxylic acids is 1. The molecular formula is C19H23NO2. The van der Waals surface area contributed by atoms with Crippen molar-refractivity contribution in [1.82, 2.24) is 0 Å². The van der Waals surface area contributed by atoms with Crippen LogP contribution in [0.3, 0.4) is 0 Å². The fourth-order valence-electron chi connectivity index (χ4n) is 2.59. The lowest BCUT2D eigenvalue weighted by atomic mass is 10.0. The zero-order valence-corrected chi connectivity index (χ0v) is 13.5. The van der Waals surface area contributed by atoms with Crippen molar-refractivity contribution in [2.24, 2.45) is 0 Å². The van der Waals surface area contributed by atoms with E-state index in [9.17, 15) is 4.79 Å². The topological polar surface area (TPSA) is 40.5 Å². The lowest BCUT2D eigenvalue weighted by Gasteiger charge is -2.27. The minimum Gasteiger partial charge on any atom is -0.481 e. The molecule has 0 bridgehead atoms. The summed E-state index contributed by atoms with van der Waals surface area (Å²) in [5.74, 6) is -0.764. The molecule has 0 saturated carbocycles. The number of aryl methyl sites for hydroxylation is 2. The van der Waals surface area contributed by atoms with Gasteiger partial charge in [-0.2, -0.15) is 0 Å². The largest absolute Gasteiger partial charge is 0.481 e. The van der Waals surface area contributed by atoms with Crippen molar-refractivity contribution in [3.05, 3.63) is 64.7 Å². The van der Waals surface area contributed by atoms with E-state index in [2.05, 4.69) is 49.9 Å². The Morgan fingerprint density at radius 1 is 1.00 bits per heavy atom. The van der Waals surface area contributed by atoms with Gasteiger partial charge >= 0.3 is 5.97 Å². The summed E-state index contributed by atoms with van der Waals surface area (Å²) in [6.45, 7) is 7.50. The number of anilines is 1. The maximum Gasteiger partial charge on any atom is 0.305 e. The highest BCUT2D eigenvalue weighted by atomic mass is 16.4. The highest BCUT2D eigenvalue weighted by Gasteiger charge is 2.13. The fourth-order valence-corrected chi connectivity index (χ4v) is 2.59. The second-order valence-corrected chi connectivity index (χ2v) is 5.71. The summed E-state index contributed by atoms with van der Waals surface area (Å²) in [5.41, 5.74) is 6.01. The maximum absolute atomic E-state index is 11.0. The van der Waals surface area contributed by atoms with E-state index in [1.165, 1.54) is 22.3 Å². The zero-order chi connectivity index (χ0) is 16.1. The highest BCUT2D eigenvalue weighted by Crippen LogP contribution is 2.25. The molecule has 0 unspecified atom stereocenters. The number of rotatable bonds is 6. The summed E-state index contributed by atoms with van der Waals surface area (Å²) in [7, 11) is 0. The molecule has 2 aromatic rings. The number of carboxylic acids is 1. The van der Waals surface area contributed by atoms with Gasteiger partial charge in [-0.15, -0.1) is 0 Å². The summed E-state index contributed by atoms with van der Waals surface area (Å²) in [4.78, 5) is 13.1. The van der Waals surface area contributed by atoms with Crippen LogP contribution >= 0.6 is 0 Å². The summed E-state index contributed by atoms with van der Waals surface area (Å²) < 4.78 is 0. The molecule has 0 fully saturated rings. The van der Waals surface area contributed by atoms with E-state index in [-0.39, 0.29) is 6.42 Å². The minimum absolute atomic E-state index is 0.138. The number of benzene rings is 2. The Hall–Kier alpha value is -2.29. The summed E-state index contributed by atoms with van der Waals surface area (Å²) in [5, 5.41) is 9.03. The van der Waals surface area contributed by atoms with Gasteiger partial charge in [-0.3, -0.25) is 4.79 Å². The van der Waals surface area contributed by atoms with Gasteiger partial charge in [0.1, 0.15) is 0 Å². The van der Waals surface area contributed by atoms with Gasteiger partial charge in [-0.05, 0) is 49.1 Å². The summed E-state index contributed by atoms with van der Waals surface area (Å²) in [6.07, 6.45) is 0.138. The standard InChI is InChI=1S/C19H23NO2/c1-14-8-6-10-18(16(14)3)20(12-11-19(21)22)13-17-9-5-4-7-15(17)2/h4-10H,11-13H2,1-3H3,(H,21,22). The summed E-state index contributed by atoms with van der Waals surface area (Å²) in [6, 6.07) is 14.4. The molecule has 0 amide bonds. The Kier molecular flexibility index (Phi) is 5.21. The van der Waals surface area contributed by atoms with Crippen molar-refractivity contribution in [2.45, 2.75) is 33.7 Å². The number of carboxylic acid groups (broad SMARTS) is 1. The number of hydrogen-bond acceptors (Lipinski definition) is 2. The van der Waals surface area contributed by atoms with Crippen molar-refractivity contribution >= 4 is 11.7 Å². The van der Waals surface area contributed by atoms with Gasteiger partial charge in [0.25, 0.3) is 0 Å². The van der Waals surface area contributed by atoms with Crippen molar-refractivity contribution in [3.8, 4) is 0 Å². The molecular weight excluding hydrogens is 274 g/mol. The van der Waals surface area contributed by atoms with Crippen LogP contribution in [0.2, 0.25) is 0 Å². The Morgan fingerprint density at radius 3 is 2.36 bits per heavy atom. The number of carbonyl (C=O) groups is 1. The molecule has 3 nitrogen and oxygen atoms in total. The molecule has 0 atom stereocenters. The average Bonchev–Trinajstić information content (AvgIpc) is 2.48. The van der Waals surface area contributed by atoms with Crippen LogP contribution in [-0.4, -0.2) is 17.6 Å². The van der Waals surface area contributed by atoms with Gasteiger partial charge in [0.2, 0.25) is 0 Å². The van der Waals surface area contributed by atoms with E-state index < -0.39 is 5.97 Å². The smallest absolute Gasteiger partial charge is 0.305 e. The molecule has 1 N–H and O–H groups in total. The second-order valence-electron chi connectivity index (χ2n) is 5.71. The van der Waals surface area contributed by atoms with Crippen molar-refractivity contribution < 1.29 is 9.90 Å². The molecule has 22 heavy (non-hydrogen) atoms. The molecule has 0 spiro atoms. The van der Waals surface area contributed by atoms with Crippen LogP contribution in [-0.2, 0) is 11.3 Å². The van der Waals surface area contributed by atoms with Gasteiger partial charge in [0.15, 0.2) is 0 Å². The zero-order valence-electron chi connectivity index (χ0n) is 13.5. The predicted molar refractivity (Wildman–Crippen MR) is 90.4 cm³/mol. The highest BCUT2D eigenvalue weighted by molar-refractivity contribution is 5.68. The molecule has 0 aliphatic rings. The first-order chi connectivity index (χ1) is 10.5. The first-order valence-electron chi connectivity index (χ1n) is 7.56. The molecule has 2 aromatic carbocycles. The quantitative estimate of drug-likeness (QED) is 0.873. The van der Waals surface area contributed by atoms with E-state index in [1.54, 1.807) is 0 Å². The number of hydrogen-bond donors (Lipinski definition) is 1. The third-order valence-corrected chi connectivity index (χ3v) is 4.13. The third-order valence-electron chi connectivity index (χ3n) is 4.13. The van der Waals surface area contributed by atoms with Gasteiger partial charge in [-0.25, -0.2) is 0 Å². The Balaban J connectivity index is 2.32. The predicted octanol–water partition coefficient (Wildman–Crippen LogP) is 4.09. The fraction of sp³-hybridized carbons (Fsp3) is 0.316. The molecule has 0 aliphatic heterocycles. The van der Waals surface area contributed by atoms with Crippen LogP contribution in [0.15, 0.2) is 42.5 Å². The maximum atomic E-state index is 11.0. The molecule has 3 heteroatoms. The van der Waals surface area contributed by atoms with E-state index in [0.29, 0.717) is 6.54 Å². The average molecular weight is 297 g/mol. The van der Waals surface area contributed by atoms with Crippen LogP contribution in [0, 0.1) is 20.8 Å². The van der Waals surface area contributed by atoms with Crippen molar-refractivity contribution in [1.29, 1.82) is 0 Å². The van der Waals surface area contributed by atoms with Crippen LogP contribution < -0.4 is 4.90 Å². The van der Waals surface area contributed by atoms with Crippen LogP contribution in [0.4, 0.5) is 5.69 Å². The van der Waals surface area contributed by atoms with Gasteiger partial charge < -0.3 is 10.0 Å². The first kappa shape index (κ1) is 16.1. The Morgan fingerprint density at radius 2 is 1.68 bits per heavy atom. The molecule has 0 aliphatic carbocycles. The molecule has 0 radical (unpaired) electrons. The van der Waals surface area contributed by atoms with Crippen LogP contribution in [0.5, 0.6) is 0 Å². The van der Waals surface area contributed by atoms with E-state index >= 15 is 0 Å². The number of nitrogens with zero attached hydrogens (tertiary/aromatic N) is 1. The van der Waals surface area contributed by atoms with Crippen LogP contribution in [0.1, 0.15) is 28.7 Å². The Labute approximate surface area is 132 Å². The molecule has 0 aromatic heterocycles. The van der Waals surface area contributed by atoms with Gasteiger partial charge in [0, 0.05) is 18.8 Å². The molecule has 0 heterocycles. The van der Waals surface area contributed by atoms with Crippen LogP contribution in [0.25, 0.3) is 0 Å². The lowest BCUT2D eigenvalue weighted by molar-refractivity contribution is -0.136. The summed E-state index contributed by atoms with van der Waals surface area (Å²) >= 11 is 0. The molecule has 116 valence electrons.